The summed E-state index contributed by atoms with van der Waals surface area (Å²) in [6.45, 7) is 3.23. The van der Waals surface area contributed by atoms with E-state index in [1.54, 1.807) is 13.8 Å². The van der Waals surface area contributed by atoms with E-state index in [4.69, 9.17) is 5.11 Å². The molecule has 0 rings (SSSR count). The van der Waals surface area contributed by atoms with Crippen molar-refractivity contribution < 1.29 is 24.2 Å². The summed E-state index contributed by atoms with van der Waals surface area (Å²) in [5, 5.41) is 8.11. The second-order valence-electron chi connectivity index (χ2n) is 2.44. The number of rotatable bonds is 4. The molecule has 12 heavy (non-hydrogen) atoms. The molecule has 0 saturated heterocycles. The number of carboxylic acid groups (broad SMARTS) is 1. The van der Waals surface area contributed by atoms with Crippen LogP contribution in [0.5, 0.6) is 0 Å². The Morgan fingerprint density at radius 2 is 1.83 bits per heavy atom. The number of ether oxygens (including phenoxy) is 1. The Kier molecular flexibility index (Phi) is 3.96. The molecule has 1 N–H and O–H groups in total. The van der Waals surface area contributed by atoms with Crippen LogP contribution in [0, 0.1) is 0 Å². The molecule has 0 fully saturated rings. The van der Waals surface area contributed by atoms with Crippen LogP contribution in [0.3, 0.4) is 0 Å². The highest BCUT2D eigenvalue weighted by atomic mass is 16.5. The molecule has 0 aliphatic rings. The first-order valence-corrected chi connectivity index (χ1v) is 3.39. The smallest absolute Gasteiger partial charge is 0.372 e. The molecule has 0 spiro atoms. The number of carbonyl (C=O) groups is 3. The predicted molar refractivity (Wildman–Crippen MR) is 38.5 cm³/mol. The maximum Gasteiger partial charge on any atom is 0.372 e. The van der Waals surface area contributed by atoms with Crippen LogP contribution < -0.4 is 0 Å². The van der Waals surface area contributed by atoms with E-state index in [1.165, 1.54) is 0 Å². The van der Waals surface area contributed by atoms with Crippen molar-refractivity contribution in [1.82, 2.24) is 0 Å². The minimum Gasteiger partial charge on any atom is -0.475 e. The molecule has 0 aromatic heterocycles. The first kappa shape index (κ1) is 10.6. The van der Waals surface area contributed by atoms with Crippen molar-refractivity contribution in [3.63, 3.8) is 0 Å². The summed E-state index contributed by atoms with van der Waals surface area (Å²) in [5.74, 6) is -3.58. The van der Waals surface area contributed by atoms with Gasteiger partial charge in [-0.1, -0.05) is 0 Å². The Balaban J connectivity index is 3.85. The number of carbonyl (C=O) groups excluding carboxylic acids is 2. The highest BCUT2D eigenvalue weighted by molar-refractivity contribution is 6.35. The van der Waals surface area contributed by atoms with Crippen LogP contribution in [0.1, 0.15) is 20.3 Å². The summed E-state index contributed by atoms with van der Waals surface area (Å²) in [7, 11) is 0. The summed E-state index contributed by atoms with van der Waals surface area (Å²) < 4.78 is 4.55. The molecule has 0 unspecified atom stereocenters. The molecule has 68 valence electrons. The van der Waals surface area contributed by atoms with Gasteiger partial charge in [0.2, 0.25) is 0 Å². The molecule has 0 aliphatic carbocycles. The van der Waals surface area contributed by atoms with Gasteiger partial charge in [0, 0.05) is 0 Å². The molecule has 0 bridgehead atoms. The zero-order chi connectivity index (χ0) is 9.72. The maximum atomic E-state index is 10.7. The fraction of sp³-hybridized carbons (Fsp3) is 0.571. The number of esters is 1. The molecule has 0 aromatic rings. The van der Waals surface area contributed by atoms with E-state index < -0.39 is 24.1 Å². The summed E-state index contributed by atoms with van der Waals surface area (Å²) in [4.78, 5) is 31.1. The van der Waals surface area contributed by atoms with Crippen LogP contribution in [-0.4, -0.2) is 28.9 Å². The number of Topliss-reactive ketones (excluding diaryl/α,β-unsaturated/α-hetero) is 1. The highest BCUT2D eigenvalue weighted by Crippen LogP contribution is 1.94. The van der Waals surface area contributed by atoms with E-state index >= 15 is 0 Å². The van der Waals surface area contributed by atoms with Gasteiger partial charge in [-0.15, -0.1) is 0 Å². The van der Waals surface area contributed by atoms with Crippen molar-refractivity contribution in [2.45, 2.75) is 26.4 Å². The van der Waals surface area contributed by atoms with Crippen molar-refractivity contribution in [3.8, 4) is 0 Å². The maximum absolute atomic E-state index is 10.7. The van der Waals surface area contributed by atoms with Gasteiger partial charge in [0.1, 0.15) is 6.42 Å². The first-order valence-electron chi connectivity index (χ1n) is 3.39. The van der Waals surface area contributed by atoms with Gasteiger partial charge >= 0.3 is 11.9 Å². The number of ketones is 1. The van der Waals surface area contributed by atoms with Gasteiger partial charge in [0.05, 0.1) is 6.10 Å². The SMILES string of the molecule is CC(C)OC(=O)CC(=O)C(=O)O. The lowest BCUT2D eigenvalue weighted by Crippen LogP contribution is -2.20. The van der Waals surface area contributed by atoms with Gasteiger partial charge in [0.25, 0.3) is 5.78 Å². The monoisotopic (exact) mass is 174 g/mol. The molecule has 0 saturated carbocycles. The molecule has 5 nitrogen and oxygen atoms in total. The highest BCUT2D eigenvalue weighted by Gasteiger charge is 2.17. The molecule has 0 radical (unpaired) electrons. The Morgan fingerprint density at radius 1 is 1.33 bits per heavy atom. The topological polar surface area (TPSA) is 80.7 Å². The van der Waals surface area contributed by atoms with E-state index in [0.29, 0.717) is 0 Å². The van der Waals surface area contributed by atoms with E-state index in [0.717, 1.165) is 0 Å². The molecule has 0 aliphatic heterocycles. The average molecular weight is 174 g/mol. The number of hydrogen-bond donors (Lipinski definition) is 1. The van der Waals surface area contributed by atoms with Gasteiger partial charge in [-0.3, -0.25) is 9.59 Å². The number of aliphatic carboxylic acids is 1. The Bertz CT molecular complexity index is 206. The van der Waals surface area contributed by atoms with E-state index in [9.17, 15) is 14.4 Å². The van der Waals surface area contributed by atoms with Crippen molar-refractivity contribution >= 4 is 17.7 Å². The van der Waals surface area contributed by atoms with Crippen LogP contribution in [0.15, 0.2) is 0 Å². The second-order valence-corrected chi connectivity index (χ2v) is 2.44. The van der Waals surface area contributed by atoms with Gasteiger partial charge in [-0.2, -0.15) is 0 Å². The van der Waals surface area contributed by atoms with E-state index in [1.807, 2.05) is 0 Å². The predicted octanol–water partition coefficient (Wildman–Crippen LogP) is -0.0182. The molecule has 0 amide bonds. The van der Waals surface area contributed by atoms with Crippen LogP contribution in [0.25, 0.3) is 0 Å². The van der Waals surface area contributed by atoms with Gasteiger partial charge < -0.3 is 9.84 Å². The average Bonchev–Trinajstić information content (AvgIpc) is 1.84. The minimum atomic E-state index is -1.62. The fourth-order valence-electron chi connectivity index (χ4n) is 0.511. The molecule has 0 aromatic carbocycles. The standard InChI is InChI=1S/C7H10O5/c1-4(2)12-6(9)3-5(8)7(10)11/h4H,3H2,1-2H3,(H,10,11). The first-order chi connectivity index (χ1) is 5.43. The molecular weight excluding hydrogens is 164 g/mol. The number of carboxylic acids is 1. The molecule has 0 heterocycles. The van der Waals surface area contributed by atoms with Crippen molar-refractivity contribution in [2.75, 3.05) is 0 Å². The van der Waals surface area contributed by atoms with Crippen LogP contribution in [0.4, 0.5) is 0 Å². The molecule has 5 heteroatoms. The summed E-state index contributed by atoms with van der Waals surface area (Å²) in [6.07, 6.45) is -1.04. The Labute approximate surface area is 69.3 Å². The third-order valence-corrected chi connectivity index (χ3v) is 0.911. The van der Waals surface area contributed by atoms with Crippen LogP contribution in [-0.2, 0) is 19.1 Å². The van der Waals surface area contributed by atoms with Crippen LogP contribution in [0.2, 0.25) is 0 Å². The van der Waals surface area contributed by atoms with Crippen LogP contribution >= 0.6 is 0 Å². The lowest BCUT2D eigenvalue weighted by atomic mass is 10.3. The molecule has 0 atom stereocenters. The Morgan fingerprint density at radius 3 is 2.17 bits per heavy atom. The van der Waals surface area contributed by atoms with Crippen molar-refractivity contribution in [2.24, 2.45) is 0 Å². The summed E-state index contributed by atoms with van der Waals surface area (Å²) >= 11 is 0. The van der Waals surface area contributed by atoms with Crippen molar-refractivity contribution in [3.05, 3.63) is 0 Å². The van der Waals surface area contributed by atoms with Crippen molar-refractivity contribution in [1.29, 1.82) is 0 Å². The molecular formula is C7H10O5. The largest absolute Gasteiger partial charge is 0.475 e. The normalized spacial score (nSPS) is 9.58. The van der Waals surface area contributed by atoms with E-state index in [2.05, 4.69) is 4.74 Å². The van der Waals surface area contributed by atoms with Gasteiger partial charge in [-0.25, -0.2) is 4.79 Å². The third-order valence-electron chi connectivity index (χ3n) is 0.911. The second kappa shape index (κ2) is 4.48. The Hall–Kier alpha value is -1.39. The quantitative estimate of drug-likeness (QED) is 0.368. The zero-order valence-corrected chi connectivity index (χ0v) is 6.86. The van der Waals surface area contributed by atoms with Gasteiger partial charge in [0.15, 0.2) is 0 Å². The number of hydrogen-bond acceptors (Lipinski definition) is 4. The van der Waals surface area contributed by atoms with Gasteiger partial charge in [-0.05, 0) is 13.8 Å². The fourth-order valence-corrected chi connectivity index (χ4v) is 0.511. The zero-order valence-electron chi connectivity index (χ0n) is 6.86. The summed E-state index contributed by atoms with van der Waals surface area (Å²) in [6, 6.07) is 0. The summed E-state index contributed by atoms with van der Waals surface area (Å²) in [5.41, 5.74) is 0. The lowest BCUT2D eigenvalue weighted by molar-refractivity contribution is -0.156. The van der Waals surface area contributed by atoms with E-state index in [-0.39, 0.29) is 6.10 Å². The minimum absolute atomic E-state index is 0.334. The lowest BCUT2D eigenvalue weighted by Gasteiger charge is -2.05. The third kappa shape index (κ3) is 4.43.